The SMILES string of the molecule is CC(C)(C)[S@@](=O)N[C@@H]1c2ccccc2CC12CCN(c1ncc(Sc3ccnc4ccccc34)c3nccn13)CC2. The van der Waals surface area contributed by atoms with Crippen LogP contribution in [0.4, 0.5) is 5.95 Å². The first-order chi connectivity index (χ1) is 19.8. The lowest BCUT2D eigenvalue weighted by molar-refractivity contribution is 0.177. The standard InChI is InChI=1S/C32H34N6OS2/c1-31(2,3)41(39)36-28-23-9-5-4-8-22(23)20-32(28)13-17-37(18-14-32)30-35-21-27(29-34-16-19-38(29)30)40-26-12-15-33-25-11-7-6-10-24(25)26/h4-12,15-16,19,21,28,36H,13-14,17-18,20H2,1-3H3/t28-,41-/m1/s1. The number of rotatable bonds is 5. The Morgan fingerprint density at radius 2 is 1.73 bits per heavy atom. The van der Waals surface area contributed by atoms with Gasteiger partial charge in [0.1, 0.15) is 0 Å². The fourth-order valence-corrected chi connectivity index (χ4v) is 8.29. The summed E-state index contributed by atoms with van der Waals surface area (Å²) >= 11 is 1.68. The largest absolute Gasteiger partial charge is 0.342 e. The number of piperidine rings is 1. The third kappa shape index (κ3) is 4.73. The topological polar surface area (TPSA) is 75.4 Å². The summed E-state index contributed by atoms with van der Waals surface area (Å²) in [6.07, 6.45) is 10.7. The highest BCUT2D eigenvalue weighted by molar-refractivity contribution is 7.99. The molecule has 1 spiro atoms. The number of aromatic nitrogens is 4. The van der Waals surface area contributed by atoms with Crippen LogP contribution in [0.15, 0.2) is 89.2 Å². The minimum Gasteiger partial charge on any atom is -0.342 e. The van der Waals surface area contributed by atoms with Crippen LogP contribution in [-0.2, 0) is 17.4 Å². The van der Waals surface area contributed by atoms with E-state index in [4.69, 9.17) is 9.97 Å². The molecule has 0 radical (unpaired) electrons. The van der Waals surface area contributed by atoms with Gasteiger partial charge in [-0.1, -0.05) is 54.2 Å². The van der Waals surface area contributed by atoms with E-state index in [0.717, 1.165) is 64.6 Å². The Bertz CT molecular complexity index is 1760. The van der Waals surface area contributed by atoms with Gasteiger partial charge in [-0.05, 0) is 68.7 Å². The van der Waals surface area contributed by atoms with Gasteiger partial charge in [0.05, 0.1) is 32.2 Å². The van der Waals surface area contributed by atoms with E-state index in [-0.39, 0.29) is 16.2 Å². The maximum atomic E-state index is 13.3. The molecule has 1 saturated heterocycles. The zero-order chi connectivity index (χ0) is 28.2. The van der Waals surface area contributed by atoms with E-state index in [2.05, 4.69) is 55.4 Å². The van der Waals surface area contributed by atoms with Crippen LogP contribution in [0, 0.1) is 5.41 Å². The number of hydrogen-bond acceptors (Lipinski definition) is 6. The third-order valence-electron chi connectivity index (χ3n) is 8.55. The summed E-state index contributed by atoms with van der Waals surface area (Å²) in [4.78, 5) is 18.8. The predicted octanol–water partition coefficient (Wildman–Crippen LogP) is 6.36. The Hall–Kier alpha value is -3.27. The summed E-state index contributed by atoms with van der Waals surface area (Å²) in [5, 5.41) is 1.13. The van der Waals surface area contributed by atoms with E-state index in [1.54, 1.807) is 11.8 Å². The molecule has 7 rings (SSSR count). The van der Waals surface area contributed by atoms with Gasteiger partial charge in [0.15, 0.2) is 5.65 Å². The molecule has 4 heterocycles. The summed E-state index contributed by atoms with van der Waals surface area (Å²) in [6, 6.07) is 19.0. The van der Waals surface area contributed by atoms with E-state index in [1.807, 2.05) is 63.8 Å². The van der Waals surface area contributed by atoms with Gasteiger partial charge in [-0.3, -0.25) is 9.38 Å². The van der Waals surface area contributed by atoms with Crippen LogP contribution in [0.1, 0.15) is 50.8 Å². The highest BCUT2D eigenvalue weighted by atomic mass is 32.2. The van der Waals surface area contributed by atoms with Crippen LogP contribution in [0.2, 0.25) is 0 Å². The monoisotopic (exact) mass is 582 g/mol. The second-order valence-corrected chi connectivity index (χ2v) is 15.2. The van der Waals surface area contributed by atoms with Crippen LogP contribution in [-0.4, -0.2) is 41.4 Å². The van der Waals surface area contributed by atoms with Crippen molar-refractivity contribution in [3.8, 4) is 0 Å². The zero-order valence-corrected chi connectivity index (χ0v) is 25.2. The van der Waals surface area contributed by atoms with Gasteiger partial charge in [-0.25, -0.2) is 18.9 Å². The maximum absolute atomic E-state index is 13.3. The van der Waals surface area contributed by atoms with E-state index >= 15 is 0 Å². The molecule has 2 atom stereocenters. The average molecular weight is 583 g/mol. The van der Waals surface area contributed by atoms with E-state index in [9.17, 15) is 4.21 Å². The molecule has 0 bridgehead atoms. The molecule has 1 aliphatic carbocycles. The van der Waals surface area contributed by atoms with Gasteiger partial charge >= 0.3 is 0 Å². The first kappa shape index (κ1) is 26.6. The van der Waals surface area contributed by atoms with Gasteiger partial charge in [0.25, 0.3) is 0 Å². The van der Waals surface area contributed by atoms with Gasteiger partial charge in [0, 0.05) is 48.2 Å². The fraction of sp³-hybridized carbons (Fsp3) is 0.344. The van der Waals surface area contributed by atoms with Gasteiger partial charge in [-0.2, -0.15) is 0 Å². The molecule has 210 valence electrons. The van der Waals surface area contributed by atoms with E-state index in [0.29, 0.717) is 0 Å². The highest BCUT2D eigenvalue weighted by Crippen LogP contribution is 2.52. The molecule has 2 aromatic carbocycles. The normalized spacial score (nSPS) is 19.2. The molecule has 1 aliphatic heterocycles. The van der Waals surface area contributed by atoms with Crippen LogP contribution < -0.4 is 9.62 Å². The third-order valence-corrected chi connectivity index (χ3v) is 11.2. The molecule has 9 heteroatoms. The summed E-state index contributed by atoms with van der Waals surface area (Å²) in [6.45, 7) is 7.88. The Labute approximate surface area is 247 Å². The number of nitrogens with zero attached hydrogens (tertiary/aromatic N) is 5. The van der Waals surface area contributed by atoms with Crippen molar-refractivity contribution in [3.63, 3.8) is 0 Å². The second kappa shape index (κ2) is 10.2. The molecule has 41 heavy (non-hydrogen) atoms. The molecule has 5 aromatic rings. The van der Waals surface area contributed by atoms with Crippen LogP contribution >= 0.6 is 11.8 Å². The Balaban J connectivity index is 1.15. The fourth-order valence-electron chi connectivity index (χ4n) is 6.34. The number of anilines is 1. The molecule has 1 N–H and O–H groups in total. The maximum Gasteiger partial charge on any atom is 0.211 e. The van der Waals surface area contributed by atoms with Gasteiger partial charge < -0.3 is 4.90 Å². The van der Waals surface area contributed by atoms with Crippen molar-refractivity contribution in [1.82, 2.24) is 24.1 Å². The van der Waals surface area contributed by atoms with E-state index < -0.39 is 11.0 Å². The van der Waals surface area contributed by atoms with Crippen molar-refractivity contribution in [2.45, 2.75) is 60.6 Å². The van der Waals surface area contributed by atoms with E-state index in [1.165, 1.54) is 11.1 Å². The lowest BCUT2D eigenvalue weighted by atomic mass is 9.73. The average Bonchev–Trinajstić information content (AvgIpc) is 3.58. The molecule has 3 aromatic heterocycles. The Morgan fingerprint density at radius 1 is 0.951 bits per heavy atom. The Morgan fingerprint density at radius 3 is 2.56 bits per heavy atom. The van der Waals surface area contributed by atoms with Gasteiger partial charge in [-0.15, -0.1) is 0 Å². The number of pyridine rings is 1. The first-order valence-corrected chi connectivity index (χ1v) is 16.1. The minimum absolute atomic E-state index is 0.0351. The predicted molar refractivity (Wildman–Crippen MR) is 167 cm³/mol. The summed E-state index contributed by atoms with van der Waals surface area (Å²) < 4.78 is 18.6. The van der Waals surface area contributed by atoms with Crippen molar-refractivity contribution in [3.05, 3.63) is 90.5 Å². The summed E-state index contributed by atoms with van der Waals surface area (Å²) in [5.41, 5.74) is 4.61. The molecule has 0 unspecified atom stereocenters. The van der Waals surface area contributed by atoms with Crippen molar-refractivity contribution >= 4 is 45.2 Å². The number of hydrogen-bond donors (Lipinski definition) is 1. The molecule has 7 nitrogen and oxygen atoms in total. The molecule has 0 amide bonds. The number of para-hydroxylation sites is 1. The van der Waals surface area contributed by atoms with Crippen molar-refractivity contribution < 1.29 is 4.21 Å². The molecule has 2 aliphatic rings. The second-order valence-electron chi connectivity index (χ2n) is 12.1. The highest BCUT2D eigenvalue weighted by Gasteiger charge is 2.49. The molecular weight excluding hydrogens is 549 g/mol. The number of imidazole rings is 1. The van der Waals surface area contributed by atoms with Crippen molar-refractivity contribution in [1.29, 1.82) is 0 Å². The lowest BCUT2D eigenvalue weighted by Gasteiger charge is -2.44. The molecule has 1 fully saturated rings. The number of fused-ring (bicyclic) bond motifs is 3. The quantitative estimate of drug-likeness (QED) is 0.260. The minimum atomic E-state index is -1.14. The summed E-state index contributed by atoms with van der Waals surface area (Å²) in [7, 11) is -1.14. The van der Waals surface area contributed by atoms with Crippen LogP contribution in [0.5, 0.6) is 0 Å². The number of benzene rings is 2. The molecule has 0 saturated carbocycles. The van der Waals surface area contributed by atoms with Crippen LogP contribution in [0.25, 0.3) is 16.6 Å². The number of nitrogens with one attached hydrogen (secondary N) is 1. The molecular formula is C32H34N6OS2. The first-order valence-electron chi connectivity index (χ1n) is 14.2. The summed E-state index contributed by atoms with van der Waals surface area (Å²) in [5.74, 6) is 0.926. The van der Waals surface area contributed by atoms with Crippen molar-refractivity contribution in [2.24, 2.45) is 5.41 Å². The smallest absolute Gasteiger partial charge is 0.211 e. The van der Waals surface area contributed by atoms with Crippen molar-refractivity contribution in [2.75, 3.05) is 18.0 Å². The van der Waals surface area contributed by atoms with Crippen LogP contribution in [0.3, 0.4) is 0 Å². The lowest BCUT2D eigenvalue weighted by Crippen LogP contribution is -2.48. The Kier molecular flexibility index (Phi) is 6.64. The van der Waals surface area contributed by atoms with Gasteiger partial charge in [0.2, 0.25) is 5.95 Å². The zero-order valence-electron chi connectivity index (χ0n) is 23.6.